The Morgan fingerprint density at radius 2 is 1.67 bits per heavy atom. The fourth-order valence-corrected chi connectivity index (χ4v) is 4.79. The Balaban J connectivity index is 1.87. The molecule has 0 fully saturated rings. The molecule has 0 spiro atoms. The third-order valence-corrected chi connectivity index (χ3v) is 6.58. The Hall–Kier alpha value is -1.17. The number of hydrogen-bond acceptors (Lipinski definition) is 4. The molecule has 130 valence electrons. The molecule has 0 saturated carbocycles. The average molecular weight is 389 g/mol. The van der Waals surface area contributed by atoms with Crippen molar-refractivity contribution in [1.82, 2.24) is 0 Å². The molecular formula is C16H18ClO5PS. The molecule has 1 unspecified atom stereocenters. The SMILES string of the molecule is O=P(O)(CCCc1ccccc1)COS(=O)(=O)c1ccc(Cl)cc1. The van der Waals surface area contributed by atoms with Crippen LogP contribution < -0.4 is 0 Å². The van der Waals surface area contributed by atoms with Gasteiger partial charge in [-0.15, -0.1) is 0 Å². The van der Waals surface area contributed by atoms with Crippen LogP contribution in [0, 0.1) is 0 Å². The molecule has 0 bridgehead atoms. The molecule has 0 aliphatic heterocycles. The second-order valence-corrected chi connectivity index (χ2v) is 9.76. The molecule has 5 nitrogen and oxygen atoms in total. The van der Waals surface area contributed by atoms with Crippen LogP contribution in [-0.2, 0) is 25.3 Å². The van der Waals surface area contributed by atoms with Gasteiger partial charge in [-0.25, -0.2) is 0 Å². The van der Waals surface area contributed by atoms with Crippen LogP contribution in [0.4, 0.5) is 0 Å². The van der Waals surface area contributed by atoms with Gasteiger partial charge in [0.2, 0.25) is 7.37 Å². The third-order valence-electron chi connectivity index (χ3n) is 3.33. The Morgan fingerprint density at radius 3 is 2.29 bits per heavy atom. The van der Waals surface area contributed by atoms with Gasteiger partial charge in [0.15, 0.2) is 0 Å². The molecule has 1 N–H and O–H groups in total. The summed E-state index contributed by atoms with van der Waals surface area (Å²) in [6.45, 7) is 0. The first kappa shape index (κ1) is 19.2. The van der Waals surface area contributed by atoms with Crippen molar-refractivity contribution < 1.29 is 22.1 Å². The van der Waals surface area contributed by atoms with Crippen LogP contribution in [-0.4, -0.2) is 25.8 Å². The number of halogens is 1. The highest BCUT2D eigenvalue weighted by atomic mass is 35.5. The topological polar surface area (TPSA) is 80.7 Å². The Bertz CT molecular complexity index is 806. The molecule has 0 aromatic heterocycles. The van der Waals surface area contributed by atoms with E-state index in [2.05, 4.69) is 0 Å². The van der Waals surface area contributed by atoms with E-state index in [4.69, 9.17) is 15.8 Å². The fourth-order valence-electron chi connectivity index (χ4n) is 2.06. The zero-order chi connectivity index (χ0) is 17.6. The largest absolute Gasteiger partial charge is 0.343 e. The van der Waals surface area contributed by atoms with Gasteiger partial charge in [0.1, 0.15) is 6.35 Å². The minimum atomic E-state index is -4.08. The molecule has 0 heterocycles. The maximum atomic E-state index is 12.1. The normalized spacial score (nSPS) is 14.2. The van der Waals surface area contributed by atoms with Crippen LogP contribution in [0.3, 0.4) is 0 Å². The average Bonchev–Trinajstić information content (AvgIpc) is 2.55. The number of aryl methyl sites for hydroxylation is 1. The molecule has 0 aliphatic rings. The first-order chi connectivity index (χ1) is 11.3. The number of benzene rings is 2. The predicted octanol–water partition coefficient (Wildman–Crippen LogP) is 3.91. The van der Waals surface area contributed by atoms with Gasteiger partial charge in [-0.1, -0.05) is 41.9 Å². The Kier molecular flexibility index (Phi) is 6.61. The molecular weight excluding hydrogens is 371 g/mol. The van der Waals surface area contributed by atoms with E-state index in [9.17, 15) is 17.9 Å². The van der Waals surface area contributed by atoms with Gasteiger partial charge in [0.25, 0.3) is 10.1 Å². The summed E-state index contributed by atoms with van der Waals surface area (Å²) in [5.41, 5.74) is 1.06. The van der Waals surface area contributed by atoms with Crippen molar-refractivity contribution in [3.63, 3.8) is 0 Å². The second kappa shape index (κ2) is 8.28. The standard InChI is InChI=1S/C16H18ClO5PS/c17-15-8-10-16(11-9-15)24(20,21)22-13-23(18,19)12-4-7-14-5-2-1-3-6-14/h1-3,5-6,8-11H,4,7,12-13H2,(H,18,19). The summed E-state index contributed by atoms with van der Waals surface area (Å²) < 4.78 is 40.8. The molecule has 8 heteroatoms. The molecule has 2 aromatic carbocycles. The molecule has 2 aromatic rings. The summed E-state index contributed by atoms with van der Waals surface area (Å²) in [6.07, 6.45) is 0.391. The predicted molar refractivity (Wildman–Crippen MR) is 94.0 cm³/mol. The minimum Gasteiger partial charge on any atom is -0.343 e. The molecule has 0 saturated heterocycles. The summed E-state index contributed by atoms with van der Waals surface area (Å²) in [6, 6.07) is 15.0. The van der Waals surface area contributed by atoms with E-state index in [0.717, 1.165) is 5.56 Å². The lowest BCUT2D eigenvalue weighted by molar-refractivity contribution is 0.345. The van der Waals surface area contributed by atoms with Crippen LogP contribution in [0.1, 0.15) is 12.0 Å². The van der Waals surface area contributed by atoms with Crippen molar-refractivity contribution in [2.45, 2.75) is 17.7 Å². The second-order valence-electron chi connectivity index (χ2n) is 5.31. The van der Waals surface area contributed by atoms with Gasteiger partial charge < -0.3 is 4.89 Å². The van der Waals surface area contributed by atoms with Gasteiger partial charge in [-0.2, -0.15) is 8.42 Å². The summed E-state index contributed by atoms with van der Waals surface area (Å²) in [4.78, 5) is 9.79. The quantitative estimate of drug-likeness (QED) is 0.547. The molecule has 2 rings (SSSR count). The van der Waals surface area contributed by atoms with Crippen LogP contribution in [0.5, 0.6) is 0 Å². The van der Waals surface area contributed by atoms with Crippen molar-refractivity contribution in [3.8, 4) is 0 Å². The van der Waals surface area contributed by atoms with Crippen molar-refractivity contribution >= 4 is 29.1 Å². The zero-order valence-electron chi connectivity index (χ0n) is 12.8. The molecule has 1 atom stereocenters. The highest BCUT2D eigenvalue weighted by molar-refractivity contribution is 7.87. The van der Waals surface area contributed by atoms with Gasteiger partial charge >= 0.3 is 0 Å². The Morgan fingerprint density at radius 1 is 1.04 bits per heavy atom. The summed E-state index contributed by atoms with van der Waals surface area (Å²) >= 11 is 5.70. The van der Waals surface area contributed by atoms with Crippen LogP contribution in [0.15, 0.2) is 59.5 Å². The van der Waals surface area contributed by atoms with Gasteiger partial charge in [0.05, 0.1) is 4.90 Å². The van der Waals surface area contributed by atoms with Crippen molar-refractivity contribution in [3.05, 3.63) is 65.2 Å². The highest BCUT2D eigenvalue weighted by Crippen LogP contribution is 2.42. The van der Waals surface area contributed by atoms with E-state index in [1.807, 2.05) is 30.3 Å². The fraction of sp³-hybridized carbons (Fsp3) is 0.250. The lowest BCUT2D eigenvalue weighted by Crippen LogP contribution is -2.09. The summed E-state index contributed by atoms with van der Waals surface area (Å²) in [5.74, 6) is 0. The van der Waals surface area contributed by atoms with Gasteiger partial charge in [-0.05, 0) is 42.7 Å². The highest BCUT2D eigenvalue weighted by Gasteiger charge is 2.24. The zero-order valence-corrected chi connectivity index (χ0v) is 15.3. The number of hydrogen-bond donors (Lipinski definition) is 1. The monoisotopic (exact) mass is 388 g/mol. The van der Waals surface area contributed by atoms with Crippen molar-refractivity contribution in [2.75, 3.05) is 12.5 Å². The molecule has 0 amide bonds. The van der Waals surface area contributed by atoms with E-state index in [1.54, 1.807) is 0 Å². The van der Waals surface area contributed by atoms with E-state index in [-0.39, 0.29) is 11.1 Å². The molecule has 24 heavy (non-hydrogen) atoms. The van der Waals surface area contributed by atoms with Crippen molar-refractivity contribution in [2.24, 2.45) is 0 Å². The lowest BCUT2D eigenvalue weighted by atomic mass is 10.1. The Labute approximate surface area is 146 Å². The van der Waals surface area contributed by atoms with Crippen LogP contribution >= 0.6 is 19.0 Å². The maximum Gasteiger partial charge on any atom is 0.297 e. The van der Waals surface area contributed by atoms with Crippen molar-refractivity contribution in [1.29, 1.82) is 0 Å². The lowest BCUT2D eigenvalue weighted by Gasteiger charge is -2.12. The van der Waals surface area contributed by atoms with E-state index in [0.29, 0.717) is 17.9 Å². The maximum absolute atomic E-state index is 12.1. The first-order valence-electron chi connectivity index (χ1n) is 7.28. The van der Waals surface area contributed by atoms with Crippen LogP contribution in [0.25, 0.3) is 0 Å². The van der Waals surface area contributed by atoms with E-state index >= 15 is 0 Å². The number of rotatable bonds is 8. The van der Waals surface area contributed by atoms with Gasteiger partial charge in [-0.3, -0.25) is 8.75 Å². The van der Waals surface area contributed by atoms with E-state index < -0.39 is 23.8 Å². The summed E-state index contributed by atoms with van der Waals surface area (Å²) in [7, 11) is -7.76. The van der Waals surface area contributed by atoms with E-state index in [1.165, 1.54) is 24.3 Å². The van der Waals surface area contributed by atoms with Gasteiger partial charge in [0, 0.05) is 11.2 Å². The van der Waals surface area contributed by atoms with Crippen LogP contribution in [0.2, 0.25) is 5.02 Å². The smallest absolute Gasteiger partial charge is 0.297 e. The molecule has 0 aliphatic carbocycles. The summed E-state index contributed by atoms with van der Waals surface area (Å²) in [5, 5.41) is 0.391. The third kappa shape index (κ3) is 6.04. The molecule has 0 radical (unpaired) electrons. The first-order valence-corrected chi connectivity index (χ1v) is 11.1. The minimum absolute atomic E-state index is 0.00195.